The fourth-order valence-electron chi connectivity index (χ4n) is 1.22. The Morgan fingerprint density at radius 2 is 2.17 bits per heavy atom. The lowest BCUT2D eigenvalue weighted by Crippen LogP contribution is -2.34. The van der Waals surface area contributed by atoms with Gasteiger partial charge in [0.2, 0.25) is 0 Å². The summed E-state index contributed by atoms with van der Waals surface area (Å²) in [5, 5.41) is 14.3. The molecule has 0 aliphatic heterocycles. The van der Waals surface area contributed by atoms with Crippen LogP contribution in [0.2, 0.25) is 0 Å². The third kappa shape index (κ3) is 3.22. The van der Waals surface area contributed by atoms with Gasteiger partial charge in [-0.25, -0.2) is 0 Å². The summed E-state index contributed by atoms with van der Waals surface area (Å²) in [6, 6.07) is 1.20. The van der Waals surface area contributed by atoms with Crippen molar-refractivity contribution < 1.29 is 27.9 Å². The van der Waals surface area contributed by atoms with Crippen LogP contribution in [0.1, 0.15) is 10.5 Å². The van der Waals surface area contributed by atoms with E-state index < -0.39 is 30.5 Å². The molecule has 100 valence electrons. The molecule has 0 aromatic carbocycles. The Balaban J connectivity index is 2.86. The van der Waals surface area contributed by atoms with Gasteiger partial charge in [-0.15, -0.1) is 0 Å². The molecule has 0 bridgehead atoms. The number of carboxylic acid groups (broad SMARTS) is 1. The molecule has 1 aromatic heterocycles. The first-order valence-corrected chi connectivity index (χ1v) is 4.80. The molecular weight excluding hydrogens is 255 g/mol. The molecule has 0 radical (unpaired) electrons. The summed E-state index contributed by atoms with van der Waals surface area (Å²) in [5.41, 5.74) is -0.0798. The van der Waals surface area contributed by atoms with Gasteiger partial charge in [0.25, 0.3) is 5.91 Å². The normalized spacial score (nSPS) is 13.1. The maximum absolute atomic E-state index is 12.4. The molecule has 1 amide bonds. The molecule has 0 aliphatic carbocycles. The number of nitrogens with one attached hydrogen (secondary N) is 1. The fourth-order valence-corrected chi connectivity index (χ4v) is 1.22. The van der Waals surface area contributed by atoms with E-state index in [9.17, 15) is 22.8 Å². The van der Waals surface area contributed by atoms with E-state index in [1.165, 1.54) is 13.1 Å². The maximum Gasteiger partial charge on any atom is 0.404 e. The summed E-state index contributed by atoms with van der Waals surface area (Å²) in [6.07, 6.45) is -3.75. The molecule has 1 unspecified atom stereocenters. The van der Waals surface area contributed by atoms with Gasteiger partial charge in [-0.3, -0.25) is 14.3 Å². The Hall–Kier alpha value is -2.06. The number of hydrogen-bond acceptors (Lipinski definition) is 3. The second-order valence-corrected chi connectivity index (χ2v) is 3.43. The first-order chi connectivity index (χ1) is 8.25. The van der Waals surface area contributed by atoms with Gasteiger partial charge in [0.15, 0.2) is 5.92 Å². The van der Waals surface area contributed by atoms with Gasteiger partial charge >= 0.3 is 12.1 Å². The average Bonchev–Trinajstić information content (AvgIpc) is 2.71. The summed E-state index contributed by atoms with van der Waals surface area (Å²) in [5.74, 6) is -5.11. The highest BCUT2D eigenvalue weighted by Gasteiger charge is 2.45. The molecule has 0 aliphatic rings. The predicted octanol–water partition coefficient (Wildman–Crippen LogP) is 0.506. The number of halogens is 3. The number of aromatic nitrogens is 2. The van der Waals surface area contributed by atoms with Crippen molar-refractivity contribution in [1.82, 2.24) is 15.1 Å². The number of carbonyl (C=O) groups is 2. The van der Waals surface area contributed by atoms with Crippen molar-refractivity contribution in [2.24, 2.45) is 5.92 Å². The molecule has 1 rings (SSSR count). The quantitative estimate of drug-likeness (QED) is 0.830. The number of rotatable bonds is 4. The minimum atomic E-state index is -4.87. The third-order valence-electron chi connectivity index (χ3n) is 2.16. The van der Waals surface area contributed by atoms with E-state index >= 15 is 0 Å². The Morgan fingerprint density at radius 3 is 2.61 bits per heavy atom. The molecule has 18 heavy (non-hydrogen) atoms. The second-order valence-electron chi connectivity index (χ2n) is 3.43. The SMILES string of the molecule is CNC(=O)c1ccn(CC(C(=O)O)C(F)(F)F)n1. The van der Waals surface area contributed by atoms with E-state index in [1.807, 2.05) is 0 Å². The van der Waals surface area contributed by atoms with E-state index in [0.29, 0.717) is 0 Å². The number of carbonyl (C=O) groups excluding carboxylic acids is 1. The molecule has 0 fully saturated rings. The van der Waals surface area contributed by atoms with Crippen molar-refractivity contribution in [2.45, 2.75) is 12.7 Å². The van der Waals surface area contributed by atoms with Crippen molar-refractivity contribution in [3.63, 3.8) is 0 Å². The molecule has 0 saturated carbocycles. The summed E-state index contributed by atoms with van der Waals surface area (Å²) < 4.78 is 37.9. The fraction of sp³-hybridized carbons (Fsp3) is 0.444. The first kappa shape index (κ1) is 14.0. The molecule has 1 aromatic rings. The van der Waals surface area contributed by atoms with Crippen LogP contribution in [0, 0.1) is 5.92 Å². The summed E-state index contributed by atoms with van der Waals surface area (Å²) in [4.78, 5) is 21.6. The van der Waals surface area contributed by atoms with Gasteiger partial charge < -0.3 is 10.4 Å². The molecule has 0 spiro atoms. The molecule has 2 N–H and O–H groups in total. The van der Waals surface area contributed by atoms with E-state index in [0.717, 1.165) is 10.9 Å². The highest BCUT2D eigenvalue weighted by Crippen LogP contribution is 2.27. The molecular formula is C9H10F3N3O3. The topological polar surface area (TPSA) is 84.2 Å². The average molecular weight is 265 g/mol. The molecule has 6 nitrogen and oxygen atoms in total. The Bertz CT molecular complexity index is 455. The summed E-state index contributed by atoms with van der Waals surface area (Å²) >= 11 is 0. The van der Waals surface area contributed by atoms with Gasteiger partial charge in [0.1, 0.15) is 5.69 Å². The lowest BCUT2D eigenvalue weighted by Gasteiger charge is -2.15. The van der Waals surface area contributed by atoms with Gasteiger partial charge in [0, 0.05) is 13.2 Å². The van der Waals surface area contributed by atoms with Crippen LogP contribution in [-0.4, -0.2) is 40.0 Å². The van der Waals surface area contributed by atoms with E-state index in [1.54, 1.807) is 0 Å². The smallest absolute Gasteiger partial charge is 0.404 e. The van der Waals surface area contributed by atoms with Gasteiger partial charge in [0.05, 0.1) is 6.54 Å². The first-order valence-electron chi connectivity index (χ1n) is 4.80. The largest absolute Gasteiger partial charge is 0.481 e. The van der Waals surface area contributed by atoms with Crippen molar-refractivity contribution in [2.75, 3.05) is 7.05 Å². The maximum atomic E-state index is 12.4. The van der Waals surface area contributed by atoms with Gasteiger partial charge in [-0.2, -0.15) is 18.3 Å². The van der Waals surface area contributed by atoms with E-state index in [4.69, 9.17) is 5.11 Å². The molecule has 1 atom stereocenters. The van der Waals surface area contributed by atoms with Crippen LogP contribution in [0.5, 0.6) is 0 Å². The lowest BCUT2D eigenvalue weighted by atomic mass is 10.1. The third-order valence-corrected chi connectivity index (χ3v) is 2.16. The summed E-state index contributed by atoms with van der Waals surface area (Å²) in [6.45, 7) is -0.879. The Labute approximate surface area is 99.4 Å². The number of nitrogens with zero attached hydrogens (tertiary/aromatic N) is 2. The molecule has 0 saturated heterocycles. The van der Waals surface area contributed by atoms with Crippen LogP contribution in [0.15, 0.2) is 12.3 Å². The zero-order chi connectivity index (χ0) is 13.9. The number of amides is 1. The van der Waals surface area contributed by atoms with Crippen LogP contribution in [-0.2, 0) is 11.3 Å². The van der Waals surface area contributed by atoms with Crippen molar-refractivity contribution in [1.29, 1.82) is 0 Å². The Kier molecular flexibility index (Phi) is 3.94. The molecule has 9 heteroatoms. The highest BCUT2D eigenvalue weighted by atomic mass is 19.4. The highest BCUT2D eigenvalue weighted by molar-refractivity contribution is 5.91. The van der Waals surface area contributed by atoms with Crippen LogP contribution in [0.25, 0.3) is 0 Å². The predicted molar refractivity (Wildman–Crippen MR) is 52.8 cm³/mol. The number of carboxylic acids is 1. The van der Waals surface area contributed by atoms with Crippen LogP contribution < -0.4 is 5.32 Å². The Morgan fingerprint density at radius 1 is 1.56 bits per heavy atom. The zero-order valence-corrected chi connectivity index (χ0v) is 9.23. The van der Waals surface area contributed by atoms with Crippen molar-refractivity contribution in [3.05, 3.63) is 18.0 Å². The summed E-state index contributed by atoms with van der Waals surface area (Å²) in [7, 11) is 1.34. The van der Waals surface area contributed by atoms with Crippen molar-refractivity contribution in [3.8, 4) is 0 Å². The second kappa shape index (κ2) is 5.07. The molecule has 1 heterocycles. The standard InChI is InChI=1S/C9H10F3N3O3/c1-13-7(16)6-2-3-15(14-6)4-5(8(17)18)9(10,11)12/h2-3,5H,4H2,1H3,(H,13,16)(H,17,18). The lowest BCUT2D eigenvalue weighted by molar-refractivity contribution is -0.196. The monoisotopic (exact) mass is 265 g/mol. The van der Waals surface area contributed by atoms with Crippen LogP contribution in [0.3, 0.4) is 0 Å². The van der Waals surface area contributed by atoms with Crippen LogP contribution in [0.4, 0.5) is 13.2 Å². The minimum absolute atomic E-state index is 0.0798. The zero-order valence-electron chi connectivity index (χ0n) is 9.23. The van der Waals surface area contributed by atoms with Crippen LogP contribution >= 0.6 is 0 Å². The van der Waals surface area contributed by atoms with Gasteiger partial charge in [-0.05, 0) is 6.07 Å². The van der Waals surface area contributed by atoms with Crippen molar-refractivity contribution >= 4 is 11.9 Å². The number of hydrogen-bond donors (Lipinski definition) is 2. The number of aliphatic carboxylic acids is 1. The van der Waals surface area contributed by atoms with E-state index in [-0.39, 0.29) is 5.69 Å². The van der Waals surface area contributed by atoms with Gasteiger partial charge in [-0.1, -0.05) is 0 Å². The minimum Gasteiger partial charge on any atom is -0.481 e. The van der Waals surface area contributed by atoms with E-state index in [2.05, 4.69) is 10.4 Å². The number of alkyl halides is 3.